The number of hydroxylamine groups is 5. The summed E-state index contributed by atoms with van der Waals surface area (Å²) >= 11 is 0. The molecule has 1 N–H and O–H groups in total. The number of rotatable bonds is 7. The molecule has 1 aromatic carbocycles. The van der Waals surface area contributed by atoms with E-state index in [1.54, 1.807) is 24.3 Å². The van der Waals surface area contributed by atoms with Gasteiger partial charge in [-0.05, 0) is 23.5 Å². The van der Waals surface area contributed by atoms with E-state index in [4.69, 9.17) is 19.8 Å². The molecule has 1 aromatic rings. The molecule has 9 nitrogen and oxygen atoms in total. The number of ether oxygens (including phenoxy) is 1. The van der Waals surface area contributed by atoms with E-state index in [1.807, 2.05) is 19.9 Å². The smallest absolute Gasteiger partial charge is 0.447 e. The number of guanidine groups is 1. The van der Waals surface area contributed by atoms with Gasteiger partial charge in [0.1, 0.15) is 13.6 Å². The highest BCUT2D eigenvalue weighted by molar-refractivity contribution is 5.89. The van der Waals surface area contributed by atoms with Crippen LogP contribution in [0.2, 0.25) is 0 Å². The van der Waals surface area contributed by atoms with Gasteiger partial charge >= 0.3 is 24.0 Å². The van der Waals surface area contributed by atoms with E-state index in [9.17, 15) is 14.4 Å². The van der Waals surface area contributed by atoms with Crippen LogP contribution in [0.4, 0.5) is 4.79 Å². The van der Waals surface area contributed by atoms with Gasteiger partial charge in [-0.1, -0.05) is 55.2 Å². The summed E-state index contributed by atoms with van der Waals surface area (Å²) in [5.74, 6) is -1.93. The zero-order valence-corrected chi connectivity index (χ0v) is 17.5. The summed E-state index contributed by atoms with van der Waals surface area (Å²) in [6, 6.07) is 8.85. The molecular formula is C20H30N3O6+. The van der Waals surface area contributed by atoms with Crippen molar-refractivity contribution in [3.63, 3.8) is 0 Å². The number of hydrogen-bond acceptors (Lipinski definition) is 7. The molecule has 0 aliphatic heterocycles. The van der Waals surface area contributed by atoms with E-state index in [-0.39, 0.29) is 19.6 Å². The van der Waals surface area contributed by atoms with E-state index in [2.05, 4.69) is 0 Å². The molecule has 0 saturated heterocycles. The molecule has 0 spiro atoms. The summed E-state index contributed by atoms with van der Waals surface area (Å²) in [4.78, 5) is 46.8. The van der Waals surface area contributed by atoms with Crippen molar-refractivity contribution < 1.29 is 33.4 Å². The maximum atomic E-state index is 12.5. The minimum atomic E-state index is -1.02. The predicted octanol–water partition coefficient (Wildman–Crippen LogP) is 3.20. The van der Waals surface area contributed by atoms with Crippen molar-refractivity contribution in [3.05, 3.63) is 35.9 Å². The van der Waals surface area contributed by atoms with Crippen LogP contribution in [0.15, 0.2) is 30.3 Å². The van der Waals surface area contributed by atoms with Gasteiger partial charge in [-0.2, -0.15) is 0 Å². The molecule has 0 heterocycles. The fourth-order valence-electron chi connectivity index (χ4n) is 2.52. The lowest BCUT2D eigenvalue weighted by atomic mass is 10.2. The molecule has 1 atom stereocenters. The number of nitrogens with one attached hydrogen (secondary N) is 1. The highest BCUT2D eigenvalue weighted by Gasteiger charge is 2.43. The van der Waals surface area contributed by atoms with Gasteiger partial charge in [-0.25, -0.2) is 19.8 Å². The second-order valence-corrected chi connectivity index (χ2v) is 6.62. The highest BCUT2D eigenvalue weighted by Crippen LogP contribution is 2.14. The van der Waals surface area contributed by atoms with Gasteiger partial charge in [0, 0.05) is 6.92 Å². The number of carbonyl (C=O) groups is 3. The lowest BCUT2D eigenvalue weighted by molar-refractivity contribution is -1.01. The van der Waals surface area contributed by atoms with Crippen molar-refractivity contribution in [3.8, 4) is 0 Å². The average molecular weight is 408 g/mol. The zero-order chi connectivity index (χ0) is 21.9. The Balaban J connectivity index is 3.04. The maximum Gasteiger partial charge on any atom is 0.454 e. The first-order chi connectivity index (χ1) is 13.7. The van der Waals surface area contributed by atoms with Crippen LogP contribution in [0.25, 0.3) is 0 Å². The maximum absolute atomic E-state index is 12.5. The number of nitrogens with zero attached hydrogens (tertiary/aromatic N) is 2. The topological polar surface area (TPSA) is 106 Å². The van der Waals surface area contributed by atoms with Crippen LogP contribution in [0.5, 0.6) is 0 Å². The number of benzene rings is 1. The van der Waals surface area contributed by atoms with Gasteiger partial charge in [0.05, 0.1) is 13.0 Å². The Labute approximate surface area is 171 Å². The molecule has 0 bridgehead atoms. The van der Waals surface area contributed by atoms with Crippen molar-refractivity contribution in [2.75, 3.05) is 20.2 Å². The second kappa shape index (κ2) is 11.8. The number of amides is 1. The van der Waals surface area contributed by atoms with Crippen molar-refractivity contribution >= 4 is 24.0 Å². The molecule has 1 rings (SSSR count). The van der Waals surface area contributed by atoms with Crippen LogP contribution in [0.1, 0.15) is 45.6 Å². The second-order valence-electron chi connectivity index (χ2n) is 6.62. The van der Waals surface area contributed by atoms with Crippen molar-refractivity contribution in [2.24, 2.45) is 0 Å². The van der Waals surface area contributed by atoms with E-state index in [1.165, 1.54) is 14.0 Å². The number of quaternary nitrogens is 1. The molecular weight excluding hydrogens is 378 g/mol. The SMILES string of the molecule is CCCCOC(=O)N(OC(=O)Cc1ccccc1)C(=N)[N+](C)(CCC)OC(C)=O. The molecule has 9 heteroatoms. The monoisotopic (exact) mass is 408 g/mol. The Bertz CT molecular complexity index is 709. The van der Waals surface area contributed by atoms with Gasteiger partial charge in [0.2, 0.25) is 0 Å². The van der Waals surface area contributed by atoms with Crippen LogP contribution in [-0.4, -0.2) is 53.9 Å². The average Bonchev–Trinajstić information content (AvgIpc) is 2.66. The summed E-state index contributed by atoms with van der Waals surface area (Å²) in [5.41, 5.74) is 0.689. The van der Waals surface area contributed by atoms with Crippen molar-refractivity contribution in [1.82, 2.24) is 5.06 Å². The minimum absolute atomic E-state index is 0.0993. The lowest BCUT2D eigenvalue weighted by Gasteiger charge is -2.32. The Morgan fingerprint density at radius 2 is 1.76 bits per heavy atom. The summed E-state index contributed by atoms with van der Waals surface area (Å²) in [6.45, 7) is 5.28. The van der Waals surface area contributed by atoms with Gasteiger partial charge in [-0.15, -0.1) is 0 Å². The van der Waals surface area contributed by atoms with Gasteiger partial charge in [0.15, 0.2) is 0 Å². The molecule has 0 radical (unpaired) electrons. The minimum Gasteiger partial charge on any atom is -0.447 e. The zero-order valence-electron chi connectivity index (χ0n) is 17.5. The van der Waals surface area contributed by atoms with Gasteiger partial charge in [-0.3, -0.25) is 4.84 Å². The van der Waals surface area contributed by atoms with Gasteiger partial charge < -0.3 is 9.57 Å². The first-order valence-electron chi connectivity index (χ1n) is 9.59. The van der Waals surface area contributed by atoms with E-state index < -0.39 is 28.6 Å². The first-order valence-corrected chi connectivity index (χ1v) is 9.59. The van der Waals surface area contributed by atoms with E-state index in [0.717, 1.165) is 6.42 Å². The molecule has 29 heavy (non-hydrogen) atoms. The van der Waals surface area contributed by atoms with Crippen LogP contribution in [0, 0.1) is 5.41 Å². The predicted molar refractivity (Wildman–Crippen MR) is 105 cm³/mol. The third-order valence-corrected chi connectivity index (χ3v) is 3.89. The first kappa shape index (κ1) is 24.1. The van der Waals surface area contributed by atoms with Gasteiger partial charge in [0.25, 0.3) is 0 Å². The Kier molecular flexibility index (Phi) is 9.81. The van der Waals surface area contributed by atoms with Crippen LogP contribution >= 0.6 is 0 Å². The van der Waals surface area contributed by atoms with Crippen LogP contribution < -0.4 is 0 Å². The third kappa shape index (κ3) is 7.90. The van der Waals surface area contributed by atoms with Crippen LogP contribution in [0.3, 0.4) is 0 Å². The number of carbonyl (C=O) groups excluding carboxylic acids is 3. The quantitative estimate of drug-likeness (QED) is 0.244. The number of unbranched alkanes of at least 4 members (excludes halogenated alkanes) is 1. The molecule has 160 valence electrons. The van der Waals surface area contributed by atoms with Crippen molar-refractivity contribution in [2.45, 2.75) is 46.5 Å². The largest absolute Gasteiger partial charge is 0.454 e. The Morgan fingerprint density at radius 3 is 2.31 bits per heavy atom. The van der Waals surface area contributed by atoms with Crippen molar-refractivity contribution in [1.29, 1.82) is 5.41 Å². The fraction of sp³-hybridized carbons (Fsp3) is 0.500. The normalized spacial score (nSPS) is 12.4. The van der Waals surface area contributed by atoms with E-state index >= 15 is 0 Å². The summed E-state index contributed by atoms with van der Waals surface area (Å²) in [5, 5.41) is 8.88. The number of hydrogen-bond donors (Lipinski definition) is 1. The summed E-state index contributed by atoms with van der Waals surface area (Å²) in [6.07, 6.45) is 0.851. The van der Waals surface area contributed by atoms with E-state index in [0.29, 0.717) is 23.5 Å². The lowest BCUT2D eigenvalue weighted by Crippen LogP contribution is -2.59. The summed E-state index contributed by atoms with van der Waals surface area (Å²) in [7, 11) is 1.44. The molecule has 0 saturated carbocycles. The molecule has 1 amide bonds. The fourth-order valence-corrected chi connectivity index (χ4v) is 2.52. The molecule has 1 unspecified atom stereocenters. The Hall–Kier alpha value is -2.94. The summed E-state index contributed by atoms with van der Waals surface area (Å²) < 4.78 is 4.44. The Morgan fingerprint density at radius 1 is 1.10 bits per heavy atom. The molecule has 0 aliphatic carbocycles. The molecule has 0 aromatic heterocycles. The third-order valence-electron chi connectivity index (χ3n) is 3.89. The molecule has 0 fully saturated rings. The van der Waals surface area contributed by atoms with Crippen LogP contribution in [-0.2, 0) is 30.4 Å². The molecule has 0 aliphatic rings. The standard InChI is InChI=1S/C20H30N3O6/c1-5-7-14-27-20(26)22(19(21)23(4,13-6-2)29-16(3)24)28-18(25)15-17-11-9-8-10-12-17/h8-12,21H,5-7,13-15H2,1-4H3/q+1. The highest BCUT2D eigenvalue weighted by atomic mass is 16.8.